The van der Waals surface area contributed by atoms with Gasteiger partial charge in [-0.3, -0.25) is 9.20 Å². The summed E-state index contributed by atoms with van der Waals surface area (Å²) in [5.74, 6) is 0.542. The van der Waals surface area contributed by atoms with Gasteiger partial charge in [0, 0.05) is 12.4 Å². The molecule has 0 aliphatic rings. The van der Waals surface area contributed by atoms with Crippen LogP contribution in [0.4, 0.5) is 0 Å². The Labute approximate surface area is 109 Å². The Hall–Kier alpha value is -2.63. The first kappa shape index (κ1) is 11.5. The summed E-state index contributed by atoms with van der Waals surface area (Å²) in [5, 5.41) is 11.1. The molecule has 3 aromatic rings. The number of amides is 1. The van der Waals surface area contributed by atoms with Crippen LogP contribution >= 0.6 is 0 Å². The first-order chi connectivity index (χ1) is 9.25. The lowest BCUT2D eigenvalue weighted by Gasteiger charge is -2.11. The summed E-state index contributed by atoms with van der Waals surface area (Å²) in [6, 6.07) is 8.95. The summed E-state index contributed by atoms with van der Waals surface area (Å²) >= 11 is 0. The normalized spacial score (nSPS) is 12.5. The number of rotatable bonds is 3. The van der Waals surface area contributed by atoms with Crippen molar-refractivity contribution in [2.45, 2.75) is 13.0 Å². The Morgan fingerprint density at radius 1 is 1.32 bits per heavy atom. The molecule has 0 saturated carbocycles. The summed E-state index contributed by atoms with van der Waals surface area (Å²) in [6.07, 6.45) is 3.59. The molecule has 6 heteroatoms. The molecule has 1 unspecified atom stereocenters. The number of hydrogen-bond acceptors (Lipinski definition) is 3. The van der Waals surface area contributed by atoms with Crippen LogP contribution < -0.4 is 5.32 Å². The van der Waals surface area contributed by atoms with Crippen molar-refractivity contribution in [3.05, 3.63) is 54.2 Å². The van der Waals surface area contributed by atoms with Gasteiger partial charge in [0.1, 0.15) is 5.69 Å². The van der Waals surface area contributed by atoms with Crippen LogP contribution in [0, 0.1) is 0 Å². The molecule has 3 heterocycles. The minimum absolute atomic E-state index is 0.162. The van der Waals surface area contributed by atoms with Crippen LogP contribution in [0.25, 0.3) is 5.65 Å². The van der Waals surface area contributed by atoms with Crippen molar-refractivity contribution in [1.82, 2.24) is 24.9 Å². The maximum Gasteiger partial charge on any atom is 0.268 e. The zero-order valence-corrected chi connectivity index (χ0v) is 10.4. The van der Waals surface area contributed by atoms with Gasteiger partial charge in [0.15, 0.2) is 11.5 Å². The number of carbonyl (C=O) groups excluding carboxylic acids is 1. The highest BCUT2D eigenvalue weighted by atomic mass is 16.1. The van der Waals surface area contributed by atoms with Gasteiger partial charge >= 0.3 is 0 Å². The van der Waals surface area contributed by atoms with Gasteiger partial charge in [0.05, 0.1) is 6.04 Å². The van der Waals surface area contributed by atoms with E-state index in [-0.39, 0.29) is 11.9 Å². The number of pyridine rings is 1. The number of aromatic nitrogens is 4. The maximum absolute atomic E-state index is 11.9. The zero-order valence-electron chi connectivity index (χ0n) is 10.4. The van der Waals surface area contributed by atoms with Gasteiger partial charge in [0.25, 0.3) is 5.91 Å². The largest absolute Gasteiger partial charge is 0.357 e. The van der Waals surface area contributed by atoms with Gasteiger partial charge in [-0.25, -0.2) is 0 Å². The smallest absolute Gasteiger partial charge is 0.268 e. The quantitative estimate of drug-likeness (QED) is 0.745. The molecule has 0 fully saturated rings. The Balaban J connectivity index is 1.84. The molecule has 1 atom stereocenters. The van der Waals surface area contributed by atoms with E-state index in [4.69, 9.17) is 0 Å². The number of fused-ring (bicyclic) bond motifs is 1. The summed E-state index contributed by atoms with van der Waals surface area (Å²) in [6.45, 7) is 1.88. The summed E-state index contributed by atoms with van der Waals surface area (Å²) in [4.78, 5) is 14.8. The van der Waals surface area contributed by atoms with E-state index in [9.17, 15) is 4.79 Å². The monoisotopic (exact) mass is 255 g/mol. The number of nitrogens with zero attached hydrogens (tertiary/aromatic N) is 3. The van der Waals surface area contributed by atoms with Crippen LogP contribution in [-0.2, 0) is 0 Å². The minimum Gasteiger partial charge on any atom is -0.357 e. The minimum atomic E-state index is -0.229. The van der Waals surface area contributed by atoms with E-state index >= 15 is 0 Å². The molecule has 3 aromatic heterocycles. The lowest BCUT2D eigenvalue weighted by atomic mass is 10.3. The topological polar surface area (TPSA) is 75.1 Å². The standard InChI is InChI=1S/C13H13N5O/c1-9(15-13(19)10-5-4-7-14-10)12-17-16-11-6-2-3-8-18(11)12/h2-9,14H,1H3,(H,15,19). The molecule has 0 radical (unpaired) electrons. The van der Waals surface area contributed by atoms with Crippen molar-refractivity contribution in [3.63, 3.8) is 0 Å². The molecule has 0 aromatic carbocycles. The summed E-state index contributed by atoms with van der Waals surface area (Å²) in [5.41, 5.74) is 1.29. The van der Waals surface area contributed by atoms with Crippen molar-refractivity contribution >= 4 is 11.6 Å². The van der Waals surface area contributed by atoms with Gasteiger partial charge in [-0.15, -0.1) is 10.2 Å². The van der Waals surface area contributed by atoms with Crippen molar-refractivity contribution in [1.29, 1.82) is 0 Å². The Kier molecular flexibility index (Phi) is 2.75. The molecule has 0 aliphatic heterocycles. The molecule has 0 saturated heterocycles. The van der Waals surface area contributed by atoms with Crippen molar-refractivity contribution in [2.75, 3.05) is 0 Å². The summed E-state index contributed by atoms with van der Waals surface area (Å²) < 4.78 is 1.86. The molecule has 1 amide bonds. The van der Waals surface area contributed by atoms with Crippen LogP contribution in [0.15, 0.2) is 42.7 Å². The SMILES string of the molecule is CC(NC(=O)c1ccc[nH]1)c1nnc2ccccn12. The molecule has 19 heavy (non-hydrogen) atoms. The fourth-order valence-corrected chi connectivity index (χ4v) is 1.97. The lowest BCUT2D eigenvalue weighted by Crippen LogP contribution is -2.28. The van der Waals surface area contributed by atoms with Gasteiger partial charge in [0.2, 0.25) is 0 Å². The first-order valence-corrected chi connectivity index (χ1v) is 5.99. The van der Waals surface area contributed by atoms with Gasteiger partial charge < -0.3 is 10.3 Å². The fourth-order valence-electron chi connectivity index (χ4n) is 1.97. The van der Waals surface area contributed by atoms with Crippen LogP contribution in [0.2, 0.25) is 0 Å². The molecule has 2 N–H and O–H groups in total. The molecular weight excluding hydrogens is 242 g/mol. The molecule has 96 valence electrons. The first-order valence-electron chi connectivity index (χ1n) is 5.99. The van der Waals surface area contributed by atoms with Crippen molar-refractivity contribution in [3.8, 4) is 0 Å². The zero-order chi connectivity index (χ0) is 13.2. The van der Waals surface area contributed by atoms with E-state index in [1.165, 1.54) is 0 Å². The highest BCUT2D eigenvalue weighted by Gasteiger charge is 2.16. The third-order valence-electron chi connectivity index (χ3n) is 2.92. The Morgan fingerprint density at radius 3 is 3.00 bits per heavy atom. The van der Waals surface area contributed by atoms with E-state index in [0.717, 1.165) is 5.65 Å². The summed E-state index contributed by atoms with van der Waals surface area (Å²) in [7, 11) is 0. The second-order valence-corrected chi connectivity index (χ2v) is 4.27. The predicted octanol–water partition coefficient (Wildman–Crippen LogP) is 1.55. The second-order valence-electron chi connectivity index (χ2n) is 4.27. The molecule has 3 rings (SSSR count). The predicted molar refractivity (Wildman–Crippen MR) is 69.7 cm³/mol. The number of H-pyrrole nitrogens is 1. The van der Waals surface area contributed by atoms with E-state index in [2.05, 4.69) is 20.5 Å². The highest BCUT2D eigenvalue weighted by molar-refractivity contribution is 5.92. The average molecular weight is 255 g/mol. The van der Waals surface area contributed by atoms with Crippen molar-refractivity contribution in [2.24, 2.45) is 0 Å². The van der Waals surface area contributed by atoms with E-state index < -0.39 is 0 Å². The van der Waals surface area contributed by atoms with E-state index in [0.29, 0.717) is 11.5 Å². The van der Waals surface area contributed by atoms with Crippen LogP contribution in [-0.4, -0.2) is 25.5 Å². The number of nitrogens with one attached hydrogen (secondary N) is 2. The Bertz CT molecular complexity index is 701. The van der Waals surface area contributed by atoms with Crippen LogP contribution in [0.3, 0.4) is 0 Å². The van der Waals surface area contributed by atoms with Gasteiger partial charge in [-0.05, 0) is 31.2 Å². The molecular formula is C13H13N5O. The van der Waals surface area contributed by atoms with Crippen LogP contribution in [0.1, 0.15) is 29.3 Å². The van der Waals surface area contributed by atoms with Gasteiger partial charge in [-0.2, -0.15) is 0 Å². The third kappa shape index (κ3) is 2.08. The highest BCUT2D eigenvalue weighted by Crippen LogP contribution is 2.12. The fraction of sp³-hybridized carbons (Fsp3) is 0.154. The molecule has 0 bridgehead atoms. The number of carbonyl (C=O) groups is 1. The maximum atomic E-state index is 11.9. The number of hydrogen-bond donors (Lipinski definition) is 2. The average Bonchev–Trinajstić information content (AvgIpc) is 3.08. The van der Waals surface area contributed by atoms with Crippen molar-refractivity contribution < 1.29 is 4.79 Å². The molecule has 0 spiro atoms. The van der Waals surface area contributed by atoms with Gasteiger partial charge in [-0.1, -0.05) is 6.07 Å². The third-order valence-corrected chi connectivity index (χ3v) is 2.92. The number of aromatic amines is 1. The van der Waals surface area contributed by atoms with E-state index in [1.54, 1.807) is 18.3 Å². The Morgan fingerprint density at radius 2 is 2.21 bits per heavy atom. The van der Waals surface area contributed by atoms with Crippen LogP contribution in [0.5, 0.6) is 0 Å². The van der Waals surface area contributed by atoms with E-state index in [1.807, 2.05) is 35.7 Å². The second kappa shape index (κ2) is 4.56. The molecule has 6 nitrogen and oxygen atoms in total. The molecule has 0 aliphatic carbocycles. The lowest BCUT2D eigenvalue weighted by molar-refractivity contribution is 0.0933.